The number of carbonyl (C=O) groups is 4. The molecule has 0 aliphatic carbocycles. The molecule has 3 rings (SSSR count). The summed E-state index contributed by atoms with van der Waals surface area (Å²) in [6.45, 7) is 1.22. The van der Waals surface area contributed by atoms with Crippen LogP contribution < -0.4 is 10.6 Å². The largest absolute Gasteiger partial charge is 0.479 e. The Morgan fingerprint density at radius 3 is 2.52 bits per heavy atom. The maximum absolute atomic E-state index is 12.4. The van der Waals surface area contributed by atoms with Crippen LogP contribution in [0.3, 0.4) is 0 Å². The zero-order valence-electron chi connectivity index (χ0n) is 14.6. The van der Waals surface area contributed by atoms with E-state index in [-0.39, 0.29) is 30.8 Å². The number of hydrogen-bond donors (Lipinski definition) is 3. The van der Waals surface area contributed by atoms with Crippen LogP contribution in [0.5, 0.6) is 0 Å². The number of carboxylic acid groups (broad SMARTS) is 1. The lowest BCUT2D eigenvalue weighted by atomic mass is 10.1. The number of rotatable bonds is 5. The number of hydrogen-bond acceptors (Lipinski definition) is 5. The molecular formula is C18H21N3O6. The van der Waals surface area contributed by atoms with E-state index in [1.807, 2.05) is 0 Å². The number of aliphatic carboxylic acids is 1. The van der Waals surface area contributed by atoms with Crippen molar-refractivity contribution in [2.75, 3.05) is 19.6 Å². The molecule has 2 atom stereocenters. The fourth-order valence-corrected chi connectivity index (χ4v) is 3.07. The van der Waals surface area contributed by atoms with Crippen LogP contribution in [0, 0.1) is 0 Å². The Morgan fingerprint density at radius 2 is 1.89 bits per heavy atom. The first-order valence-electron chi connectivity index (χ1n) is 8.75. The highest BCUT2D eigenvalue weighted by molar-refractivity contribution is 5.97. The highest BCUT2D eigenvalue weighted by Crippen LogP contribution is 2.20. The Bertz CT molecular complexity index is 748. The summed E-state index contributed by atoms with van der Waals surface area (Å²) in [5.41, 5.74) is 1.27. The zero-order chi connectivity index (χ0) is 19.4. The van der Waals surface area contributed by atoms with Gasteiger partial charge in [-0.05, 0) is 30.5 Å². The van der Waals surface area contributed by atoms with E-state index in [4.69, 9.17) is 9.84 Å². The van der Waals surface area contributed by atoms with Gasteiger partial charge >= 0.3 is 5.97 Å². The maximum Gasteiger partial charge on any atom is 0.332 e. The Morgan fingerprint density at radius 1 is 1.19 bits per heavy atom. The van der Waals surface area contributed by atoms with Gasteiger partial charge < -0.3 is 25.4 Å². The number of carbonyl (C=O) groups excluding carboxylic acids is 3. The lowest BCUT2D eigenvalue weighted by Gasteiger charge is -2.26. The first-order valence-corrected chi connectivity index (χ1v) is 8.75. The number of carboxylic acids is 1. The van der Waals surface area contributed by atoms with Crippen molar-refractivity contribution in [3.05, 3.63) is 35.4 Å². The predicted octanol–water partition coefficient (Wildman–Crippen LogP) is -0.493. The fourth-order valence-electron chi connectivity index (χ4n) is 3.07. The van der Waals surface area contributed by atoms with Crippen LogP contribution in [0.25, 0.3) is 0 Å². The van der Waals surface area contributed by atoms with E-state index >= 15 is 0 Å². The van der Waals surface area contributed by atoms with Crippen molar-refractivity contribution in [3.63, 3.8) is 0 Å². The highest BCUT2D eigenvalue weighted by Gasteiger charge is 2.34. The summed E-state index contributed by atoms with van der Waals surface area (Å²) in [7, 11) is 0. The van der Waals surface area contributed by atoms with Crippen LogP contribution in [0.2, 0.25) is 0 Å². The van der Waals surface area contributed by atoms with Gasteiger partial charge in [-0.2, -0.15) is 0 Å². The zero-order valence-corrected chi connectivity index (χ0v) is 14.6. The van der Waals surface area contributed by atoms with Gasteiger partial charge in [0.1, 0.15) is 6.10 Å². The average Bonchev–Trinajstić information content (AvgIpc) is 3.17. The number of ether oxygens (including phenoxy) is 1. The second-order valence-electron chi connectivity index (χ2n) is 6.52. The Kier molecular flexibility index (Phi) is 5.70. The van der Waals surface area contributed by atoms with Crippen LogP contribution in [0.15, 0.2) is 24.3 Å². The standard InChI is InChI=1S/C18H21N3O6/c22-15-10-21(8-7-19-15)17(24)12-3-1-11(2-4-12)9-20-16(23)13-5-6-14(27-13)18(25)26/h1-4,13-14H,5-10H2,(H,19,22)(H,20,23)(H,25,26)/t13-,14+/m0/s1. The van der Waals surface area contributed by atoms with Crippen molar-refractivity contribution in [1.82, 2.24) is 15.5 Å². The molecule has 1 aromatic carbocycles. The molecule has 0 unspecified atom stereocenters. The molecular weight excluding hydrogens is 354 g/mol. The summed E-state index contributed by atoms with van der Waals surface area (Å²) in [6.07, 6.45) is -0.988. The molecule has 2 fully saturated rings. The van der Waals surface area contributed by atoms with Gasteiger partial charge in [0.15, 0.2) is 6.10 Å². The van der Waals surface area contributed by atoms with E-state index in [9.17, 15) is 19.2 Å². The number of amides is 3. The normalized spacial score (nSPS) is 22.2. The van der Waals surface area contributed by atoms with Crippen LogP contribution in [-0.2, 0) is 25.7 Å². The molecule has 3 amide bonds. The summed E-state index contributed by atoms with van der Waals surface area (Å²) in [5.74, 6) is -1.79. The molecule has 0 aromatic heterocycles. The van der Waals surface area contributed by atoms with Gasteiger partial charge in [-0.15, -0.1) is 0 Å². The molecule has 0 spiro atoms. The summed E-state index contributed by atoms with van der Waals surface area (Å²) < 4.78 is 5.21. The van der Waals surface area contributed by atoms with Crippen LogP contribution in [0.1, 0.15) is 28.8 Å². The minimum absolute atomic E-state index is 0.0510. The van der Waals surface area contributed by atoms with Gasteiger partial charge in [0.2, 0.25) is 11.8 Å². The lowest BCUT2D eigenvalue weighted by molar-refractivity contribution is -0.151. The van der Waals surface area contributed by atoms with Gasteiger partial charge in [-0.1, -0.05) is 12.1 Å². The number of nitrogens with one attached hydrogen (secondary N) is 2. The third-order valence-corrected chi connectivity index (χ3v) is 4.58. The Labute approximate surface area is 155 Å². The fraction of sp³-hybridized carbons (Fsp3) is 0.444. The molecule has 1 aromatic rings. The molecule has 0 radical (unpaired) electrons. The van der Waals surface area contributed by atoms with E-state index in [0.717, 1.165) is 5.56 Å². The molecule has 3 N–H and O–H groups in total. The van der Waals surface area contributed by atoms with Gasteiger partial charge in [0, 0.05) is 25.2 Å². The molecule has 0 bridgehead atoms. The number of piperazine rings is 1. The predicted molar refractivity (Wildman–Crippen MR) is 92.7 cm³/mol. The summed E-state index contributed by atoms with van der Waals surface area (Å²) in [5, 5.41) is 14.3. The van der Waals surface area contributed by atoms with Gasteiger partial charge in [-0.25, -0.2) is 4.79 Å². The van der Waals surface area contributed by atoms with E-state index in [0.29, 0.717) is 31.5 Å². The molecule has 9 nitrogen and oxygen atoms in total. The van der Waals surface area contributed by atoms with Crippen LogP contribution >= 0.6 is 0 Å². The van der Waals surface area contributed by atoms with Gasteiger partial charge in [0.05, 0.1) is 6.54 Å². The van der Waals surface area contributed by atoms with Crippen molar-refractivity contribution < 1.29 is 29.0 Å². The van der Waals surface area contributed by atoms with E-state index < -0.39 is 18.2 Å². The van der Waals surface area contributed by atoms with E-state index in [1.54, 1.807) is 24.3 Å². The van der Waals surface area contributed by atoms with Crippen LogP contribution in [-0.4, -0.2) is 65.5 Å². The van der Waals surface area contributed by atoms with E-state index in [1.165, 1.54) is 4.90 Å². The third-order valence-electron chi connectivity index (χ3n) is 4.58. The van der Waals surface area contributed by atoms with Crippen molar-refractivity contribution >= 4 is 23.7 Å². The van der Waals surface area contributed by atoms with Crippen molar-refractivity contribution in [2.24, 2.45) is 0 Å². The molecule has 2 heterocycles. The number of nitrogens with zero attached hydrogens (tertiary/aromatic N) is 1. The summed E-state index contributed by atoms with van der Waals surface area (Å²) in [4.78, 5) is 48.2. The first-order chi connectivity index (χ1) is 12.9. The quantitative estimate of drug-likeness (QED) is 0.638. The summed E-state index contributed by atoms with van der Waals surface area (Å²) >= 11 is 0. The average molecular weight is 375 g/mol. The Balaban J connectivity index is 1.50. The summed E-state index contributed by atoms with van der Waals surface area (Å²) in [6, 6.07) is 6.77. The Hall–Kier alpha value is -2.94. The minimum atomic E-state index is -1.06. The smallest absolute Gasteiger partial charge is 0.332 e. The van der Waals surface area contributed by atoms with Crippen molar-refractivity contribution in [1.29, 1.82) is 0 Å². The second-order valence-corrected chi connectivity index (χ2v) is 6.52. The molecule has 9 heteroatoms. The van der Waals surface area contributed by atoms with E-state index in [2.05, 4.69) is 10.6 Å². The highest BCUT2D eigenvalue weighted by atomic mass is 16.5. The second kappa shape index (κ2) is 8.17. The monoisotopic (exact) mass is 375 g/mol. The lowest BCUT2D eigenvalue weighted by Crippen LogP contribution is -2.49. The number of benzene rings is 1. The molecule has 2 aliphatic rings. The first kappa shape index (κ1) is 18.8. The van der Waals surface area contributed by atoms with Crippen LogP contribution in [0.4, 0.5) is 0 Å². The topological polar surface area (TPSA) is 125 Å². The maximum atomic E-state index is 12.4. The van der Waals surface area contributed by atoms with Crippen molar-refractivity contribution in [2.45, 2.75) is 31.6 Å². The molecule has 2 saturated heterocycles. The van der Waals surface area contributed by atoms with Gasteiger partial charge in [0.25, 0.3) is 5.91 Å². The minimum Gasteiger partial charge on any atom is -0.479 e. The van der Waals surface area contributed by atoms with Crippen molar-refractivity contribution in [3.8, 4) is 0 Å². The SMILES string of the molecule is O=C1CN(C(=O)c2ccc(CNC(=O)[C@@H]3CC[C@H](C(=O)O)O3)cc2)CCN1. The molecule has 2 aliphatic heterocycles. The molecule has 0 saturated carbocycles. The third kappa shape index (κ3) is 4.62. The molecule has 27 heavy (non-hydrogen) atoms. The van der Waals surface area contributed by atoms with Gasteiger partial charge in [-0.3, -0.25) is 14.4 Å². The molecule has 144 valence electrons.